The van der Waals surface area contributed by atoms with E-state index in [2.05, 4.69) is 109 Å². The molecule has 190 valence electrons. The van der Waals surface area contributed by atoms with Crippen molar-refractivity contribution in [1.82, 2.24) is 9.80 Å². The summed E-state index contributed by atoms with van der Waals surface area (Å²) in [5.41, 5.74) is 4.82. The zero-order chi connectivity index (χ0) is 26.0. The molecule has 0 spiro atoms. The average Bonchev–Trinajstić information content (AvgIpc) is 2.96. The molecular weight excluding hydrogens is 452 g/mol. The molecule has 4 aromatic carbocycles. The molecule has 0 aromatic heterocycles. The smallest absolute Gasteiger partial charge is 0.224 e. The van der Waals surface area contributed by atoms with Crippen LogP contribution in [0.2, 0.25) is 0 Å². The molecule has 1 amide bonds. The molecule has 4 rings (SSSR count). The highest BCUT2D eigenvalue weighted by Gasteiger charge is 2.28. The highest BCUT2D eigenvalue weighted by atomic mass is 16.2. The molecule has 0 unspecified atom stereocenters. The lowest BCUT2D eigenvalue weighted by atomic mass is 10.00. The maximum atomic E-state index is 14.0. The van der Waals surface area contributed by atoms with Gasteiger partial charge in [0.05, 0.1) is 12.1 Å². The van der Waals surface area contributed by atoms with E-state index in [0.29, 0.717) is 13.0 Å². The fourth-order valence-corrected chi connectivity index (χ4v) is 5.09. The standard InChI is InChI=1S/C34H38N2O/c1-27(31-18-10-5-11-19-31)35(26-30-16-8-4-9-17-30)25-24-34(37)36(28(2)32-20-12-6-13-21-32)29(3)33-22-14-7-15-23-33/h4-23,27-29H,24-26H2,1-3H3/t27-,28-,29-/m1/s1. The second-order valence-corrected chi connectivity index (χ2v) is 9.77. The van der Waals surface area contributed by atoms with Gasteiger partial charge in [0, 0.05) is 25.6 Å². The van der Waals surface area contributed by atoms with Gasteiger partial charge < -0.3 is 4.90 Å². The van der Waals surface area contributed by atoms with Crippen LogP contribution in [0.3, 0.4) is 0 Å². The van der Waals surface area contributed by atoms with Gasteiger partial charge in [0.2, 0.25) is 5.91 Å². The zero-order valence-electron chi connectivity index (χ0n) is 22.2. The summed E-state index contributed by atoms with van der Waals surface area (Å²) >= 11 is 0. The molecular formula is C34H38N2O. The van der Waals surface area contributed by atoms with Crippen LogP contribution in [-0.2, 0) is 11.3 Å². The summed E-state index contributed by atoms with van der Waals surface area (Å²) in [7, 11) is 0. The van der Waals surface area contributed by atoms with Gasteiger partial charge in [-0.1, -0.05) is 121 Å². The van der Waals surface area contributed by atoms with E-state index in [1.807, 2.05) is 42.5 Å². The molecule has 3 heteroatoms. The van der Waals surface area contributed by atoms with E-state index in [-0.39, 0.29) is 24.0 Å². The first-order chi connectivity index (χ1) is 18.0. The lowest BCUT2D eigenvalue weighted by Crippen LogP contribution is -2.38. The number of amides is 1. The van der Waals surface area contributed by atoms with Crippen molar-refractivity contribution in [2.24, 2.45) is 0 Å². The van der Waals surface area contributed by atoms with Crippen LogP contribution in [0.1, 0.15) is 67.6 Å². The van der Waals surface area contributed by atoms with Crippen LogP contribution < -0.4 is 0 Å². The van der Waals surface area contributed by atoms with E-state index in [4.69, 9.17) is 0 Å². The molecule has 0 heterocycles. The molecule has 0 aliphatic heterocycles. The Kier molecular flexibility index (Phi) is 9.29. The molecule has 37 heavy (non-hydrogen) atoms. The fourth-order valence-electron chi connectivity index (χ4n) is 5.09. The minimum atomic E-state index is -0.0296. The van der Waals surface area contributed by atoms with Crippen molar-refractivity contribution in [3.8, 4) is 0 Å². The molecule has 0 aliphatic carbocycles. The molecule has 3 atom stereocenters. The Morgan fingerprint density at radius 1 is 0.568 bits per heavy atom. The maximum absolute atomic E-state index is 14.0. The molecule has 0 aliphatic rings. The van der Waals surface area contributed by atoms with Crippen molar-refractivity contribution in [2.45, 2.75) is 51.9 Å². The number of hydrogen-bond acceptors (Lipinski definition) is 2. The number of carbonyl (C=O) groups is 1. The third-order valence-corrected chi connectivity index (χ3v) is 7.36. The van der Waals surface area contributed by atoms with Crippen molar-refractivity contribution >= 4 is 5.91 Å². The lowest BCUT2D eigenvalue weighted by molar-refractivity contribution is -0.136. The maximum Gasteiger partial charge on any atom is 0.224 e. The highest BCUT2D eigenvalue weighted by molar-refractivity contribution is 5.77. The molecule has 3 nitrogen and oxygen atoms in total. The van der Waals surface area contributed by atoms with Crippen LogP contribution in [0, 0.1) is 0 Å². The number of carbonyl (C=O) groups excluding carboxylic acids is 1. The van der Waals surface area contributed by atoms with Gasteiger partial charge in [0.15, 0.2) is 0 Å². The highest BCUT2D eigenvalue weighted by Crippen LogP contribution is 2.32. The van der Waals surface area contributed by atoms with Gasteiger partial charge in [-0.2, -0.15) is 0 Å². The number of hydrogen-bond donors (Lipinski definition) is 0. The minimum Gasteiger partial charge on any atom is -0.329 e. The largest absolute Gasteiger partial charge is 0.329 e. The Labute approximate surface area is 222 Å². The third-order valence-electron chi connectivity index (χ3n) is 7.36. The van der Waals surface area contributed by atoms with Gasteiger partial charge in [-0.15, -0.1) is 0 Å². The second-order valence-electron chi connectivity index (χ2n) is 9.77. The first-order valence-corrected chi connectivity index (χ1v) is 13.3. The Balaban J connectivity index is 1.57. The fraction of sp³-hybridized carbons (Fsp3) is 0.265. The molecule has 0 fully saturated rings. The Bertz CT molecular complexity index is 1170. The number of benzene rings is 4. The monoisotopic (exact) mass is 490 g/mol. The minimum absolute atomic E-state index is 0.0296. The first kappa shape index (κ1) is 26.4. The predicted octanol–water partition coefficient (Wildman–Crippen LogP) is 7.99. The SMILES string of the molecule is C[C@H](c1ccccc1)N(CCC(=O)N([C@H](C)c1ccccc1)[C@H](C)c1ccccc1)Cc1ccccc1. The quantitative estimate of drug-likeness (QED) is 0.213. The Morgan fingerprint density at radius 3 is 1.38 bits per heavy atom. The zero-order valence-corrected chi connectivity index (χ0v) is 22.2. The molecule has 0 radical (unpaired) electrons. The van der Waals surface area contributed by atoms with Crippen LogP contribution in [0.5, 0.6) is 0 Å². The van der Waals surface area contributed by atoms with Crippen LogP contribution >= 0.6 is 0 Å². The summed E-state index contributed by atoms with van der Waals surface area (Å²) in [4.78, 5) is 18.5. The van der Waals surface area contributed by atoms with E-state index in [1.165, 1.54) is 11.1 Å². The van der Waals surface area contributed by atoms with E-state index < -0.39 is 0 Å². The molecule has 0 saturated heterocycles. The number of rotatable bonds is 11. The summed E-state index contributed by atoms with van der Waals surface area (Å²) in [6.07, 6.45) is 0.457. The summed E-state index contributed by atoms with van der Waals surface area (Å²) in [6.45, 7) is 8.00. The van der Waals surface area contributed by atoms with Crippen molar-refractivity contribution in [2.75, 3.05) is 6.54 Å². The van der Waals surface area contributed by atoms with Crippen LogP contribution in [0.25, 0.3) is 0 Å². The molecule has 0 bridgehead atoms. The molecule has 4 aromatic rings. The van der Waals surface area contributed by atoms with Crippen LogP contribution in [0.4, 0.5) is 0 Å². The van der Waals surface area contributed by atoms with Gasteiger partial charge in [0.1, 0.15) is 0 Å². The Morgan fingerprint density at radius 2 is 0.946 bits per heavy atom. The predicted molar refractivity (Wildman–Crippen MR) is 153 cm³/mol. The van der Waals surface area contributed by atoms with Gasteiger partial charge in [-0.25, -0.2) is 0 Å². The van der Waals surface area contributed by atoms with Gasteiger partial charge in [-0.3, -0.25) is 9.69 Å². The first-order valence-electron chi connectivity index (χ1n) is 13.3. The van der Waals surface area contributed by atoms with Gasteiger partial charge in [-0.05, 0) is 43.0 Å². The summed E-state index contributed by atoms with van der Waals surface area (Å²) in [5, 5.41) is 0. The third kappa shape index (κ3) is 6.96. The summed E-state index contributed by atoms with van der Waals surface area (Å²) in [6, 6.07) is 41.9. The lowest BCUT2D eigenvalue weighted by Gasteiger charge is -2.37. The van der Waals surface area contributed by atoms with Crippen molar-refractivity contribution in [3.05, 3.63) is 144 Å². The topological polar surface area (TPSA) is 23.6 Å². The second kappa shape index (κ2) is 13.0. The van der Waals surface area contributed by atoms with E-state index >= 15 is 0 Å². The van der Waals surface area contributed by atoms with E-state index in [0.717, 1.165) is 17.7 Å². The van der Waals surface area contributed by atoms with Crippen LogP contribution in [0.15, 0.2) is 121 Å². The van der Waals surface area contributed by atoms with Crippen LogP contribution in [-0.4, -0.2) is 22.3 Å². The average molecular weight is 491 g/mol. The van der Waals surface area contributed by atoms with Crippen molar-refractivity contribution in [3.63, 3.8) is 0 Å². The number of nitrogens with zero attached hydrogens (tertiary/aromatic N) is 2. The Hall–Kier alpha value is -3.69. The van der Waals surface area contributed by atoms with Gasteiger partial charge >= 0.3 is 0 Å². The van der Waals surface area contributed by atoms with E-state index in [9.17, 15) is 4.79 Å². The summed E-state index contributed by atoms with van der Waals surface area (Å²) < 4.78 is 0. The summed E-state index contributed by atoms with van der Waals surface area (Å²) in [5.74, 6) is 0.172. The van der Waals surface area contributed by atoms with Crippen molar-refractivity contribution in [1.29, 1.82) is 0 Å². The van der Waals surface area contributed by atoms with Gasteiger partial charge in [0.25, 0.3) is 0 Å². The van der Waals surface area contributed by atoms with Crippen molar-refractivity contribution < 1.29 is 4.79 Å². The normalized spacial score (nSPS) is 13.6. The molecule has 0 saturated carbocycles. The molecule has 0 N–H and O–H groups in total. The van der Waals surface area contributed by atoms with E-state index in [1.54, 1.807) is 0 Å².